The fraction of sp³-hybridized carbons (Fsp3) is 0. The van der Waals surface area contributed by atoms with Crippen molar-refractivity contribution in [3.8, 4) is 45.7 Å². The number of hydrogen-bond acceptors (Lipinski definition) is 4. The van der Waals surface area contributed by atoms with Gasteiger partial charge in [-0.15, -0.1) is 11.3 Å². The van der Waals surface area contributed by atoms with E-state index < -0.39 is 0 Å². The number of benzene rings is 6. The second kappa shape index (κ2) is 10.5. The van der Waals surface area contributed by atoms with Gasteiger partial charge in [0, 0.05) is 53.3 Å². The van der Waals surface area contributed by atoms with Gasteiger partial charge in [-0.25, -0.2) is 9.97 Å². The van der Waals surface area contributed by atoms with Gasteiger partial charge < -0.3 is 4.57 Å². The lowest BCUT2D eigenvalue weighted by atomic mass is 10.0. The molecular formula is C41H24N4S. The molecule has 46 heavy (non-hydrogen) atoms. The van der Waals surface area contributed by atoms with Crippen LogP contribution < -0.4 is 0 Å². The summed E-state index contributed by atoms with van der Waals surface area (Å²) in [5, 5.41) is 14.5. The molecule has 0 saturated heterocycles. The van der Waals surface area contributed by atoms with Gasteiger partial charge >= 0.3 is 0 Å². The summed E-state index contributed by atoms with van der Waals surface area (Å²) in [6.07, 6.45) is 0. The van der Waals surface area contributed by atoms with Crippen molar-refractivity contribution in [3.63, 3.8) is 0 Å². The van der Waals surface area contributed by atoms with Gasteiger partial charge in [0.2, 0.25) is 0 Å². The Labute approximate surface area is 269 Å². The third-order valence-electron chi connectivity index (χ3n) is 8.63. The number of thiophene rings is 1. The van der Waals surface area contributed by atoms with E-state index in [1.807, 2.05) is 48.5 Å². The second-order valence-corrected chi connectivity index (χ2v) is 12.4. The monoisotopic (exact) mass is 604 g/mol. The molecule has 5 heteroatoms. The predicted molar refractivity (Wildman–Crippen MR) is 190 cm³/mol. The molecule has 0 bridgehead atoms. The van der Waals surface area contributed by atoms with E-state index in [0.29, 0.717) is 11.4 Å². The molecule has 3 aromatic heterocycles. The van der Waals surface area contributed by atoms with Crippen LogP contribution in [0.2, 0.25) is 0 Å². The molecule has 0 radical (unpaired) electrons. The van der Waals surface area contributed by atoms with Crippen molar-refractivity contribution in [2.45, 2.75) is 0 Å². The van der Waals surface area contributed by atoms with Crippen LogP contribution in [0.15, 0.2) is 146 Å². The minimum Gasteiger partial charge on any atom is -0.309 e. The molecule has 3 heterocycles. The van der Waals surface area contributed by atoms with Crippen LogP contribution in [0.3, 0.4) is 0 Å². The maximum absolute atomic E-state index is 9.65. The Morgan fingerprint density at radius 2 is 1.17 bits per heavy atom. The summed E-state index contributed by atoms with van der Waals surface area (Å²) < 4.78 is 4.73. The Kier molecular flexibility index (Phi) is 6.02. The zero-order chi connectivity index (χ0) is 30.6. The lowest BCUT2D eigenvalue weighted by molar-refractivity contribution is 1.17. The van der Waals surface area contributed by atoms with Gasteiger partial charge in [0.15, 0.2) is 5.82 Å². The first-order chi connectivity index (χ1) is 22.7. The highest BCUT2D eigenvalue weighted by Gasteiger charge is 2.20. The fourth-order valence-electron chi connectivity index (χ4n) is 6.53. The first kappa shape index (κ1) is 26.3. The number of aromatic nitrogens is 3. The van der Waals surface area contributed by atoms with Crippen LogP contribution in [0.1, 0.15) is 5.56 Å². The van der Waals surface area contributed by atoms with Crippen molar-refractivity contribution < 1.29 is 0 Å². The normalized spacial score (nSPS) is 11.5. The summed E-state index contributed by atoms with van der Waals surface area (Å²) in [7, 11) is 0. The molecule has 0 saturated carbocycles. The van der Waals surface area contributed by atoms with Gasteiger partial charge in [-0.1, -0.05) is 97.1 Å². The van der Waals surface area contributed by atoms with E-state index in [0.717, 1.165) is 49.5 Å². The van der Waals surface area contributed by atoms with Crippen LogP contribution in [0.25, 0.3) is 81.6 Å². The SMILES string of the molecule is N#Cc1cccc(-c2cc(-c3ccccc3)nc(-c3cc(-n4c5ccccc5c5ccccc54)cc4c3sc3ccccc34)n2)c1. The zero-order valence-electron chi connectivity index (χ0n) is 24.6. The van der Waals surface area contributed by atoms with Gasteiger partial charge in [0.05, 0.1) is 34.1 Å². The highest BCUT2D eigenvalue weighted by Crippen LogP contribution is 2.43. The van der Waals surface area contributed by atoms with Crippen molar-refractivity contribution in [1.82, 2.24) is 14.5 Å². The van der Waals surface area contributed by atoms with Crippen molar-refractivity contribution in [2.24, 2.45) is 0 Å². The third-order valence-corrected chi connectivity index (χ3v) is 9.85. The number of fused-ring (bicyclic) bond motifs is 6. The van der Waals surface area contributed by atoms with E-state index in [1.54, 1.807) is 11.3 Å². The van der Waals surface area contributed by atoms with Crippen molar-refractivity contribution in [3.05, 3.63) is 151 Å². The Morgan fingerprint density at radius 1 is 0.543 bits per heavy atom. The topological polar surface area (TPSA) is 54.5 Å². The number of rotatable bonds is 4. The maximum atomic E-state index is 9.65. The summed E-state index contributed by atoms with van der Waals surface area (Å²) in [5.74, 6) is 0.651. The van der Waals surface area contributed by atoms with Gasteiger partial charge in [-0.2, -0.15) is 5.26 Å². The third kappa shape index (κ3) is 4.20. The van der Waals surface area contributed by atoms with Gasteiger partial charge in [0.1, 0.15) is 0 Å². The highest BCUT2D eigenvalue weighted by atomic mass is 32.1. The van der Waals surface area contributed by atoms with E-state index >= 15 is 0 Å². The van der Waals surface area contributed by atoms with Crippen molar-refractivity contribution in [1.29, 1.82) is 5.26 Å². The summed E-state index contributed by atoms with van der Waals surface area (Å²) >= 11 is 1.77. The smallest absolute Gasteiger partial charge is 0.161 e. The highest BCUT2D eigenvalue weighted by molar-refractivity contribution is 7.26. The van der Waals surface area contributed by atoms with E-state index in [2.05, 4.69) is 108 Å². The maximum Gasteiger partial charge on any atom is 0.161 e. The molecule has 0 unspecified atom stereocenters. The molecule has 0 aliphatic carbocycles. The molecule has 6 aromatic carbocycles. The van der Waals surface area contributed by atoms with Crippen LogP contribution in [-0.4, -0.2) is 14.5 Å². The van der Waals surface area contributed by atoms with Gasteiger partial charge in [0.25, 0.3) is 0 Å². The molecule has 4 nitrogen and oxygen atoms in total. The Morgan fingerprint density at radius 3 is 1.91 bits per heavy atom. The molecular weight excluding hydrogens is 581 g/mol. The molecule has 0 atom stereocenters. The molecule has 0 aliphatic heterocycles. The average Bonchev–Trinajstić information content (AvgIpc) is 3.67. The van der Waals surface area contributed by atoms with Crippen LogP contribution in [0.5, 0.6) is 0 Å². The molecule has 0 spiro atoms. The standard InChI is InChI=1S/C41H24N4S/c42-25-26-11-10-14-28(21-26)36-24-35(27-12-2-1-3-13-27)43-41(44-36)34-23-29(22-33-32-17-6-9-20-39(32)46-40(33)34)45-37-18-7-4-15-30(37)31-16-5-8-19-38(31)45/h1-24H. The summed E-state index contributed by atoms with van der Waals surface area (Å²) in [5.41, 5.74) is 8.44. The van der Waals surface area contributed by atoms with E-state index in [-0.39, 0.29) is 0 Å². The summed E-state index contributed by atoms with van der Waals surface area (Å²) in [6, 6.07) is 52.5. The first-order valence-corrected chi connectivity index (χ1v) is 16.0. The Balaban J connectivity index is 1.39. The number of para-hydroxylation sites is 2. The van der Waals surface area contributed by atoms with Gasteiger partial charge in [-0.05, 0) is 48.5 Å². The summed E-state index contributed by atoms with van der Waals surface area (Å²) in [6.45, 7) is 0. The van der Waals surface area contributed by atoms with Crippen LogP contribution in [0.4, 0.5) is 0 Å². The largest absolute Gasteiger partial charge is 0.309 e. The van der Waals surface area contributed by atoms with E-state index in [9.17, 15) is 5.26 Å². The van der Waals surface area contributed by atoms with E-state index in [1.165, 1.54) is 26.2 Å². The molecule has 9 aromatic rings. The molecule has 214 valence electrons. The second-order valence-electron chi connectivity index (χ2n) is 11.4. The predicted octanol–water partition coefficient (Wildman–Crippen LogP) is 10.8. The molecule has 0 amide bonds. The number of hydrogen-bond donors (Lipinski definition) is 0. The average molecular weight is 605 g/mol. The quantitative estimate of drug-likeness (QED) is 0.201. The minimum atomic E-state index is 0.596. The number of nitriles is 1. The molecule has 0 N–H and O–H groups in total. The molecule has 0 fully saturated rings. The lowest BCUT2D eigenvalue weighted by Gasteiger charge is -2.13. The van der Waals surface area contributed by atoms with Crippen LogP contribution in [0, 0.1) is 11.3 Å². The molecule has 9 rings (SSSR count). The Bertz CT molecular complexity index is 2610. The lowest BCUT2D eigenvalue weighted by Crippen LogP contribution is -1.99. The van der Waals surface area contributed by atoms with E-state index in [4.69, 9.17) is 9.97 Å². The minimum absolute atomic E-state index is 0.596. The zero-order valence-corrected chi connectivity index (χ0v) is 25.4. The van der Waals surface area contributed by atoms with Crippen molar-refractivity contribution >= 4 is 53.3 Å². The van der Waals surface area contributed by atoms with Gasteiger partial charge in [-0.3, -0.25) is 0 Å². The van der Waals surface area contributed by atoms with Crippen LogP contribution >= 0.6 is 11.3 Å². The van der Waals surface area contributed by atoms with Crippen molar-refractivity contribution in [2.75, 3.05) is 0 Å². The molecule has 0 aliphatic rings. The number of nitrogens with zero attached hydrogens (tertiary/aromatic N) is 4. The fourth-order valence-corrected chi connectivity index (χ4v) is 7.72. The Hall–Kier alpha value is -6.09. The first-order valence-electron chi connectivity index (χ1n) is 15.1. The summed E-state index contributed by atoms with van der Waals surface area (Å²) in [4.78, 5) is 10.4. The van der Waals surface area contributed by atoms with Crippen LogP contribution in [-0.2, 0) is 0 Å².